The highest BCUT2D eigenvalue weighted by Crippen LogP contribution is 2.32. The largest absolute Gasteiger partial charge is 0.480 e. The maximum absolute atomic E-state index is 11.6. The molecule has 2 aliphatic rings. The second kappa shape index (κ2) is 6.20. The standard InChI is InChI=1S/C14H26N2O3/c1-11-10-16(7-4-8-19-11)12-5-3-6-14(9-12,15-2)13(17)18/h11-12,15H,3-10H2,1-2H3,(H,17,18). The van der Waals surface area contributed by atoms with Crippen LogP contribution in [0, 0.1) is 0 Å². The molecule has 3 unspecified atom stereocenters. The molecule has 110 valence electrons. The van der Waals surface area contributed by atoms with Crippen molar-refractivity contribution >= 4 is 5.97 Å². The summed E-state index contributed by atoms with van der Waals surface area (Å²) in [6.45, 7) is 4.86. The molecular weight excluding hydrogens is 244 g/mol. The Bertz CT molecular complexity index is 324. The lowest BCUT2D eigenvalue weighted by atomic mass is 9.78. The van der Waals surface area contributed by atoms with Gasteiger partial charge in [-0.15, -0.1) is 0 Å². The molecule has 1 aliphatic heterocycles. The van der Waals surface area contributed by atoms with E-state index >= 15 is 0 Å². The van der Waals surface area contributed by atoms with E-state index in [9.17, 15) is 9.90 Å². The molecule has 1 saturated heterocycles. The molecule has 1 aliphatic carbocycles. The van der Waals surface area contributed by atoms with Gasteiger partial charge in [0.25, 0.3) is 0 Å². The Kier molecular flexibility index (Phi) is 4.81. The molecule has 5 heteroatoms. The number of carbonyl (C=O) groups is 1. The van der Waals surface area contributed by atoms with Gasteiger partial charge in [-0.1, -0.05) is 0 Å². The van der Waals surface area contributed by atoms with Crippen molar-refractivity contribution in [2.75, 3.05) is 26.7 Å². The van der Waals surface area contributed by atoms with Crippen LogP contribution in [-0.4, -0.2) is 60.4 Å². The normalized spacial score (nSPS) is 37.8. The minimum atomic E-state index is -0.737. The predicted molar refractivity (Wildman–Crippen MR) is 73.3 cm³/mol. The molecule has 19 heavy (non-hydrogen) atoms. The highest BCUT2D eigenvalue weighted by atomic mass is 16.5. The van der Waals surface area contributed by atoms with Gasteiger partial charge < -0.3 is 15.2 Å². The third-order valence-electron chi connectivity index (χ3n) is 4.61. The smallest absolute Gasteiger partial charge is 0.323 e. The van der Waals surface area contributed by atoms with Crippen LogP contribution in [0.4, 0.5) is 0 Å². The number of hydrogen-bond donors (Lipinski definition) is 2. The molecule has 0 bridgehead atoms. The molecule has 0 aromatic rings. The molecule has 0 aromatic carbocycles. The van der Waals surface area contributed by atoms with E-state index in [4.69, 9.17) is 4.74 Å². The van der Waals surface area contributed by atoms with Gasteiger partial charge in [-0.3, -0.25) is 9.69 Å². The van der Waals surface area contributed by atoms with Crippen molar-refractivity contribution in [2.24, 2.45) is 0 Å². The fourth-order valence-electron chi connectivity index (χ4n) is 3.44. The zero-order valence-corrected chi connectivity index (χ0v) is 12.0. The summed E-state index contributed by atoms with van der Waals surface area (Å²) in [7, 11) is 1.77. The predicted octanol–water partition coefficient (Wildman–Crippen LogP) is 1.08. The van der Waals surface area contributed by atoms with E-state index in [0.29, 0.717) is 12.5 Å². The van der Waals surface area contributed by atoms with Crippen LogP contribution < -0.4 is 5.32 Å². The molecule has 0 spiro atoms. The lowest BCUT2D eigenvalue weighted by molar-refractivity contribution is -0.147. The summed E-state index contributed by atoms with van der Waals surface area (Å²) in [6, 6.07) is 0.362. The first kappa shape index (κ1) is 14.8. The minimum absolute atomic E-state index is 0.248. The van der Waals surface area contributed by atoms with E-state index in [2.05, 4.69) is 17.1 Å². The van der Waals surface area contributed by atoms with Gasteiger partial charge in [0.15, 0.2) is 0 Å². The summed E-state index contributed by atoms with van der Waals surface area (Å²) in [5.74, 6) is -0.709. The number of aliphatic carboxylic acids is 1. The Morgan fingerprint density at radius 2 is 2.26 bits per heavy atom. The van der Waals surface area contributed by atoms with Gasteiger partial charge in [0.05, 0.1) is 6.10 Å². The first-order valence-corrected chi connectivity index (χ1v) is 7.35. The second-order valence-electron chi connectivity index (χ2n) is 5.92. The van der Waals surface area contributed by atoms with Crippen LogP contribution in [0.2, 0.25) is 0 Å². The van der Waals surface area contributed by atoms with Gasteiger partial charge in [0.2, 0.25) is 0 Å². The van der Waals surface area contributed by atoms with E-state index in [0.717, 1.165) is 45.4 Å². The number of nitrogens with zero attached hydrogens (tertiary/aromatic N) is 1. The average Bonchev–Trinajstić information content (AvgIpc) is 2.63. The van der Waals surface area contributed by atoms with Gasteiger partial charge in [0.1, 0.15) is 5.54 Å². The number of carboxylic acid groups (broad SMARTS) is 1. The highest BCUT2D eigenvalue weighted by molar-refractivity contribution is 5.79. The number of likely N-dealkylation sites (N-methyl/N-ethyl adjacent to an activating group) is 1. The van der Waals surface area contributed by atoms with Gasteiger partial charge in [0, 0.05) is 25.7 Å². The third kappa shape index (κ3) is 3.27. The van der Waals surface area contributed by atoms with Crippen molar-refractivity contribution in [2.45, 2.75) is 56.7 Å². The second-order valence-corrected chi connectivity index (χ2v) is 5.92. The molecule has 5 nitrogen and oxygen atoms in total. The van der Waals surface area contributed by atoms with E-state index in [1.54, 1.807) is 7.05 Å². The molecule has 0 aromatic heterocycles. The zero-order valence-electron chi connectivity index (χ0n) is 12.0. The van der Waals surface area contributed by atoms with Crippen LogP contribution >= 0.6 is 0 Å². The van der Waals surface area contributed by atoms with E-state index in [1.807, 2.05) is 0 Å². The van der Waals surface area contributed by atoms with Crippen molar-refractivity contribution in [1.82, 2.24) is 10.2 Å². The number of ether oxygens (including phenoxy) is 1. The number of carboxylic acids is 1. The first-order chi connectivity index (χ1) is 9.07. The van der Waals surface area contributed by atoms with Crippen molar-refractivity contribution in [3.05, 3.63) is 0 Å². The number of nitrogens with one attached hydrogen (secondary N) is 1. The van der Waals surface area contributed by atoms with Crippen LogP contribution in [0.1, 0.15) is 39.0 Å². The lowest BCUT2D eigenvalue weighted by Gasteiger charge is -2.42. The van der Waals surface area contributed by atoms with Crippen LogP contribution in [0.5, 0.6) is 0 Å². The van der Waals surface area contributed by atoms with Crippen LogP contribution in [0.15, 0.2) is 0 Å². The Morgan fingerprint density at radius 3 is 2.95 bits per heavy atom. The Hall–Kier alpha value is -0.650. The van der Waals surface area contributed by atoms with Gasteiger partial charge in [-0.25, -0.2) is 0 Å². The summed E-state index contributed by atoms with van der Waals surface area (Å²) in [6.07, 6.45) is 4.80. The molecule has 2 fully saturated rings. The minimum Gasteiger partial charge on any atom is -0.480 e. The molecular formula is C14H26N2O3. The SMILES string of the molecule is CNC1(C(=O)O)CCCC(N2CCCOC(C)C2)C1. The molecule has 1 saturated carbocycles. The van der Waals surface area contributed by atoms with E-state index in [-0.39, 0.29) is 6.10 Å². The topological polar surface area (TPSA) is 61.8 Å². The van der Waals surface area contributed by atoms with Crippen molar-refractivity contribution in [3.63, 3.8) is 0 Å². The van der Waals surface area contributed by atoms with E-state index < -0.39 is 11.5 Å². The molecule has 2 N–H and O–H groups in total. The van der Waals surface area contributed by atoms with E-state index in [1.165, 1.54) is 0 Å². The molecule has 0 amide bonds. The Balaban J connectivity index is 2.05. The molecule has 2 rings (SSSR count). The van der Waals surface area contributed by atoms with Crippen LogP contribution in [0.25, 0.3) is 0 Å². The average molecular weight is 270 g/mol. The summed E-state index contributed by atoms with van der Waals surface area (Å²) in [5.41, 5.74) is -0.737. The zero-order chi connectivity index (χ0) is 13.9. The summed E-state index contributed by atoms with van der Waals surface area (Å²) in [4.78, 5) is 14.0. The molecule has 0 radical (unpaired) electrons. The number of hydrogen-bond acceptors (Lipinski definition) is 4. The highest BCUT2D eigenvalue weighted by Gasteiger charge is 2.43. The Morgan fingerprint density at radius 1 is 1.47 bits per heavy atom. The first-order valence-electron chi connectivity index (χ1n) is 7.35. The quantitative estimate of drug-likeness (QED) is 0.803. The number of rotatable bonds is 3. The molecule has 3 atom stereocenters. The van der Waals surface area contributed by atoms with Crippen molar-refractivity contribution in [1.29, 1.82) is 0 Å². The lowest BCUT2D eigenvalue weighted by Crippen LogP contribution is -2.57. The Labute approximate surface area is 115 Å². The summed E-state index contributed by atoms with van der Waals surface area (Å²) in [5, 5.41) is 12.6. The maximum Gasteiger partial charge on any atom is 0.323 e. The van der Waals surface area contributed by atoms with Crippen LogP contribution in [-0.2, 0) is 9.53 Å². The maximum atomic E-state index is 11.6. The van der Waals surface area contributed by atoms with Crippen molar-refractivity contribution in [3.8, 4) is 0 Å². The monoisotopic (exact) mass is 270 g/mol. The summed E-state index contributed by atoms with van der Waals surface area (Å²) < 4.78 is 5.68. The van der Waals surface area contributed by atoms with Gasteiger partial charge >= 0.3 is 5.97 Å². The third-order valence-corrected chi connectivity index (χ3v) is 4.61. The summed E-state index contributed by atoms with van der Waals surface area (Å²) >= 11 is 0. The molecule has 1 heterocycles. The van der Waals surface area contributed by atoms with Gasteiger partial charge in [-0.05, 0) is 46.1 Å². The fourth-order valence-corrected chi connectivity index (χ4v) is 3.44. The van der Waals surface area contributed by atoms with Crippen LogP contribution in [0.3, 0.4) is 0 Å². The van der Waals surface area contributed by atoms with Crippen molar-refractivity contribution < 1.29 is 14.6 Å². The van der Waals surface area contributed by atoms with Gasteiger partial charge in [-0.2, -0.15) is 0 Å². The fraction of sp³-hybridized carbons (Fsp3) is 0.929.